The molecule has 0 radical (unpaired) electrons. The number of aromatic nitrogens is 2. The molecule has 7 heteroatoms. The smallest absolute Gasteiger partial charge is 0.222 e. The van der Waals surface area contributed by atoms with Crippen molar-refractivity contribution in [1.29, 1.82) is 0 Å². The molecular formula is C19H26N6O. The molecule has 0 spiro atoms. The SMILES string of the molecule is Cc1cc2c(c(-c3cc(N4CCN(C)CC4)nc(N)n3)c1)OC(CN)C2. The molecule has 0 bridgehead atoms. The van der Waals surface area contributed by atoms with E-state index in [4.69, 9.17) is 16.2 Å². The molecule has 1 atom stereocenters. The second-order valence-corrected chi connectivity index (χ2v) is 7.24. The van der Waals surface area contributed by atoms with E-state index in [0.29, 0.717) is 12.5 Å². The fourth-order valence-electron chi connectivity index (χ4n) is 3.70. The summed E-state index contributed by atoms with van der Waals surface area (Å²) in [5.41, 5.74) is 16.0. The summed E-state index contributed by atoms with van der Waals surface area (Å²) in [6, 6.07) is 6.30. The van der Waals surface area contributed by atoms with Gasteiger partial charge >= 0.3 is 0 Å². The van der Waals surface area contributed by atoms with Gasteiger partial charge in [-0.1, -0.05) is 6.07 Å². The lowest BCUT2D eigenvalue weighted by Gasteiger charge is -2.33. The Morgan fingerprint density at radius 2 is 1.92 bits per heavy atom. The van der Waals surface area contributed by atoms with Crippen LogP contribution in [0.2, 0.25) is 0 Å². The Labute approximate surface area is 154 Å². The second-order valence-electron chi connectivity index (χ2n) is 7.24. The number of anilines is 2. The summed E-state index contributed by atoms with van der Waals surface area (Å²) in [4.78, 5) is 13.6. The third-order valence-corrected chi connectivity index (χ3v) is 5.14. The van der Waals surface area contributed by atoms with Crippen molar-refractivity contribution in [3.63, 3.8) is 0 Å². The molecule has 1 saturated heterocycles. The van der Waals surface area contributed by atoms with Crippen LogP contribution in [0, 0.1) is 6.92 Å². The molecule has 0 aliphatic carbocycles. The van der Waals surface area contributed by atoms with Crippen molar-refractivity contribution in [3.8, 4) is 17.0 Å². The van der Waals surface area contributed by atoms with Crippen molar-refractivity contribution in [3.05, 3.63) is 29.3 Å². The fraction of sp³-hybridized carbons (Fsp3) is 0.474. The van der Waals surface area contributed by atoms with Gasteiger partial charge in [0.15, 0.2) is 0 Å². The first kappa shape index (κ1) is 17.1. The number of ether oxygens (including phenoxy) is 1. The summed E-state index contributed by atoms with van der Waals surface area (Å²) < 4.78 is 6.09. The number of nitrogen functional groups attached to an aromatic ring is 1. The molecule has 7 nitrogen and oxygen atoms in total. The Kier molecular flexibility index (Phi) is 4.42. The normalized spacial score (nSPS) is 20.1. The first-order valence-corrected chi connectivity index (χ1v) is 9.12. The number of fused-ring (bicyclic) bond motifs is 1. The topological polar surface area (TPSA) is 93.5 Å². The van der Waals surface area contributed by atoms with E-state index in [1.165, 1.54) is 11.1 Å². The van der Waals surface area contributed by atoms with Gasteiger partial charge in [-0.3, -0.25) is 0 Å². The maximum atomic E-state index is 6.09. The van der Waals surface area contributed by atoms with Crippen LogP contribution in [0.1, 0.15) is 11.1 Å². The van der Waals surface area contributed by atoms with Crippen LogP contribution in [0.5, 0.6) is 5.75 Å². The van der Waals surface area contributed by atoms with E-state index in [1.807, 2.05) is 6.07 Å². The van der Waals surface area contributed by atoms with Gasteiger partial charge in [-0.25, -0.2) is 4.98 Å². The molecule has 1 fully saturated rings. The largest absolute Gasteiger partial charge is 0.488 e. The van der Waals surface area contributed by atoms with Crippen LogP contribution in [-0.2, 0) is 6.42 Å². The van der Waals surface area contributed by atoms with Crippen molar-refractivity contribution < 1.29 is 4.74 Å². The van der Waals surface area contributed by atoms with Gasteiger partial charge in [-0.2, -0.15) is 4.98 Å². The number of rotatable bonds is 3. The molecule has 0 amide bonds. The standard InChI is InChI=1S/C19H26N6O/c1-12-7-13-9-14(11-20)26-18(13)15(8-12)16-10-17(23-19(21)22-16)25-5-3-24(2)4-6-25/h7-8,10,14H,3-6,9,11,20H2,1-2H3,(H2,21,22,23). The van der Waals surface area contributed by atoms with Crippen LogP contribution >= 0.6 is 0 Å². The molecule has 0 saturated carbocycles. The number of nitrogens with two attached hydrogens (primary N) is 2. The summed E-state index contributed by atoms with van der Waals surface area (Å²) in [5, 5.41) is 0. The highest BCUT2D eigenvalue weighted by Gasteiger charge is 2.26. The predicted octanol–water partition coefficient (Wildman–Crippen LogP) is 1.05. The van der Waals surface area contributed by atoms with Crippen molar-refractivity contribution in [1.82, 2.24) is 14.9 Å². The van der Waals surface area contributed by atoms with E-state index < -0.39 is 0 Å². The van der Waals surface area contributed by atoms with E-state index in [1.54, 1.807) is 0 Å². The number of nitrogens with zero attached hydrogens (tertiary/aromatic N) is 4. The van der Waals surface area contributed by atoms with Crippen molar-refractivity contribution >= 4 is 11.8 Å². The maximum Gasteiger partial charge on any atom is 0.222 e. The predicted molar refractivity (Wildman–Crippen MR) is 104 cm³/mol. The molecule has 2 aromatic rings. The summed E-state index contributed by atoms with van der Waals surface area (Å²) in [6.07, 6.45) is 0.869. The number of hydrogen-bond acceptors (Lipinski definition) is 7. The molecule has 4 N–H and O–H groups in total. The Balaban J connectivity index is 1.73. The van der Waals surface area contributed by atoms with Crippen molar-refractivity contribution in [2.24, 2.45) is 5.73 Å². The van der Waals surface area contributed by atoms with Crippen molar-refractivity contribution in [2.45, 2.75) is 19.4 Å². The molecule has 3 heterocycles. The number of hydrogen-bond donors (Lipinski definition) is 2. The van der Waals surface area contributed by atoms with Crippen LogP contribution in [0.25, 0.3) is 11.3 Å². The molecule has 2 aliphatic rings. The maximum absolute atomic E-state index is 6.09. The van der Waals surface area contributed by atoms with Gasteiger partial charge in [0, 0.05) is 50.8 Å². The van der Waals surface area contributed by atoms with Gasteiger partial charge in [0.2, 0.25) is 5.95 Å². The monoisotopic (exact) mass is 354 g/mol. The lowest BCUT2D eigenvalue weighted by molar-refractivity contribution is 0.242. The van der Waals surface area contributed by atoms with Gasteiger partial charge in [-0.05, 0) is 31.2 Å². The Morgan fingerprint density at radius 3 is 2.65 bits per heavy atom. The van der Waals surface area contributed by atoms with E-state index in [0.717, 1.165) is 55.4 Å². The second kappa shape index (κ2) is 6.74. The Hall–Kier alpha value is -2.38. The third kappa shape index (κ3) is 3.20. The first-order valence-electron chi connectivity index (χ1n) is 9.12. The zero-order valence-corrected chi connectivity index (χ0v) is 15.4. The van der Waals surface area contributed by atoms with E-state index in [9.17, 15) is 0 Å². The molecular weight excluding hydrogens is 328 g/mol. The molecule has 138 valence electrons. The molecule has 26 heavy (non-hydrogen) atoms. The minimum Gasteiger partial charge on any atom is -0.488 e. The third-order valence-electron chi connectivity index (χ3n) is 5.14. The fourth-order valence-corrected chi connectivity index (χ4v) is 3.70. The van der Waals surface area contributed by atoms with E-state index in [-0.39, 0.29) is 6.10 Å². The molecule has 2 aliphatic heterocycles. The average molecular weight is 354 g/mol. The number of piperazine rings is 1. The van der Waals surface area contributed by atoms with Crippen LogP contribution in [0.15, 0.2) is 18.2 Å². The molecule has 1 aromatic heterocycles. The average Bonchev–Trinajstić information content (AvgIpc) is 3.04. The summed E-state index contributed by atoms with van der Waals surface area (Å²) in [6.45, 7) is 6.49. The van der Waals surface area contributed by atoms with Gasteiger partial charge in [-0.15, -0.1) is 0 Å². The first-order chi connectivity index (χ1) is 12.5. The van der Waals surface area contributed by atoms with Gasteiger partial charge in [0.1, 0.15) is 17.7 Å². The quantitative estimate of drug-likeness (QED) is 0.851. The number of aryl methyl sites for hydroxylation is 1. The molecule has 1 aromatic carbocycles. The lowest BCUT2D eigenvalue weighted by Crippen LogP contribution is -2.44. The van der Waals surface area contributed by atoms with Gasteiger partial charge in [0.25, 0.3) is 0 Å². The minimum atomic E-state index is 0.0295. The summed E-state index contributed by atoms with van der Waals surface area (Å²) >= 11 is 0. The van der Waals surface area contributed by atoms with E-state index >= 15 is 0 Å². The van der Waals surface area contributed by atoms with Gasteiger partial charge in [0.05, 0.1) is 5.69 Å². The zero-order valence-electron chi connectivity index (χ0n) is 15.4. The number of benzene rings is 1. The molecule has 4 rings (SSSR count). The molecule has 1 unspecified atom stereocenters. The van der Waals surface area contributed by atoms with Crippen molar-refractivity contribution in [2.75, 3.05) is 50.4 Å². The number of likely N-dealkylation sites (N-methyl/N-ethyl adjacent to an activating group) is 1. The van der Waals surface area contributed by atoms with Crippen LogP contribution in [0.3, 0.4) is 0 Å². The Morgan fingerprint density at radius 1 is 1.15 bits per heavy atom. The van der Waals surface area contributed by atoms with Crippen LogP contribution in [-0.4, -0.2) is 60.7 Å². The van der Waals surface area contributed by atoms with E-state index in [2.05, 4.69) is 45.9 Å². The summed E-state index contributed by atoms with van der Waals surface area (Å²) in [7, 11) is 2.14. The van der Waals surface area contributed by atoms with Crippen LogP contribution in [0.4, 0.5) is 11.8 Å². The highest BCUT2D eigenvalue weighted by molar-refractivity contribution is 5.74. The minimum absolute atomic E-state index is 0.0295. The van der Waals surface area contributed by atoms with Gasteiger partial charge < -0.3 is 26.0 Å². The Bertz CT molecular complexity index is 816. The summed E-state index contributed by atoms with van der Waals surface area (Å²) in [5.74, 6) is 2.05. The lowest BCUT2D eigenvalue weighted by atomic mass is 10.0. The zero-order chi connectivity index (χ0) is 18.3. The van der Waals surface area contributed by atoms with Crippen LogP contribution < -0.4 is 21.1 Å². The highest BCUT2D eigenvalue weighted by atomic mass is 16.5. The highest BCUT2D eigenvalue weighted by Crippen LogP contribution is 2.40.